The van der Waals surface area contributed by atoms with Crippen LogP contribution in [0.4, 0.5) is 0 Å². The average molecular weight is 216 g/mol. The molecule has 3 heteroatoms. The van der Waals surface area contributed by atoms with Crippen LogP contribution in [-0.4, -0.2) is 20.7 Å². The second-order valence-electron chi connectivity index (χ2n) is 5.58. The largest absolute Gasteiger partial charge is 0.416 e. The number of rotatable bonds is 4. The molecule has 0 saturated heterocycles. The molecule has 0 aromatic heterocycles. The maximum atomic E-state index is 11.0. The van der Waals surface area contributed by atoms with Crippen LogP contribution in [0.5, 0.6) is 0 Å². The lowest BCUT2D eigenvalue weighted by atomic mass is 10.1. The van der Waals surface area contributed by atoms with Gasteiger partial charge in [0.25, 0.3) is 0 Å². The minimum atomic E-state index is -1.67. The van der Waals surface area contributed by atoms with Gasteiger partial charge in [0, 0.05) is 12.5 Å². The van der Waals surface area contributed by atoms with Gasteiger partial charge < -0.3 is 4.43 Å². The maximum Gasteiger partial charge on any atom is 0.192 e. The molecule has 0 bridgehead atoms. The molecule has 0 saturated carbocycles. The van der Waals surface area contributed by atoms with Crippen LogP contribution in [0, 0.1) is 5.92 Å². The lowest BCUT2D eigenvalue weighted by Gasteiger charge is -2.36. The highest BCUT2D eigenvalue weighted by atomic mass is 28.4. The van der Waals surface area contributed by atoms with Gasteiger partial charge in [-0.1, -0.05) is 27.7 Å². The van der Waals surface area contributed by atoms with Crippen LogP contribution < -0.4 is 0 Å². The van der Waals surface area contributed by atoms with Gasteiger partial charge in [0.1, 0.15) is 5.78 Å². The van der Waals surface area contributed by atoms with Crippen molar-refractivity contribution in [1.82, 2.24) is 0 Å². The number of hydrogen-bond donors (Lipinski definition) is 0. The minimum absolute atomic E-state index is 0.0316. The van der Waals surface area contributed by atoms with Crippen LogP contribution in [-0.2, 0) is 9.22 Å². The van der Waals surface area contributed by atoms with Crippen LogP contribution in [0.1, 0.15) is 34.6 Å². The molecule has 0 aliphatic carbocycles. The molecule has 0 radical (unpaired) electrons. The van der Waals surface area contributed by atoms with Crippen molar-refractivity contribution < 1.29 is 9.22 Å². The monoisotopic (exact) mass is 216 g/mol. The molecule has 0 aromatic carbocycles. The highest BCUT2D eigenvalue weighted by molar-refractivity contribution is 6.74. The van der Waals surface area contributed by atoms with Gasteiger partial charge in [0.15, 0.2) is 8.32 Å². The van der Waals surface area contributed by atoms with Gasteiger partial charge >= 0.3 is 0 Å². The van der Waals surface area contributed by atoms with E-state index in [4.69, 9.17) is 4.43 Å². The summed E-state index contributed by atoms with van der Waals surface area (Å²) in [6.45, 7) is 15.2. The molecule has 0 aliphatic heterocycles. The molecular formula is C11H24O2Si. The topological polar surface area (TPSA) is 26.3 Å². The summed E-state index contributed by atoms with van der Waals surface area (Å²) < 4.78 is 5.94. The molecule has 84 valence electrons. The SMILES string of the molecule is CC(=O)C(C)CO[Si](C)(C)C(C)(C)C. The fourth-order valence-electron chi connectivity index (χ4n) is 0.667. The molecule has 0 heterocycles. The fourth-order valence-corrected chi connectivity index (χ4v) is 1.77. The van der Waals surface area contributed by atoms with Crippen LogP contribution in [0.3, 0.4) is 0 Å². The van der Waals surface area contributed by atoms with Gasteiger partial charge in [-0.05, 0) is 25.1 Å². The summed E-state index contributed by atoms with van der Waals surface area (Å²) in [5.74, 6) is 0.243. The zero-order chi connectivity index (χ0) is 11.6. The zero-order valence-corrected chi connectivity index (χ0v) is 11.6. The van der Waals surface area contributed by atoms with Crippen molar-refractivity contribution in [3.05, 3.63) is 0 Å². The second kappa shape index (κ2) is 4.58. The molecule has 2 nitrogen and oxygen atoms in total. The predicted octanol–water partition coefficient (Wildman–Crippen LogP) is 3.23. The number of carbonyl (C=O) groups excluding carboxylic acids is 1. The van der Waals surface area contributed by atoms with E-state index in [9.17, 15) is 4.79 Å². The quantitative estimate of drug-likeness (QED) is 0.674. The van der Waals surface area contributed by atoms with Crippen LogP contribution in [0.15, 0.2) is 0 Å². The van der Waals surface area contributed by atoms with Crippen molar-refractivity contribution in [3.8, 4) is 0 Å². The van der Waals surface area contributed by atoms with E-state index < -0.39 is 8.32 Å². The number of ketones is 1. The van der Waals surface area contributed by atoms with Crippen molar-refractivity contribution in [2.75, 3.05) is 6.61 Å². The van der Waals surface area contributed by atoms with Crippen LogP contribution >= 0.6 is 0 Å². The molecule has 0 aromatic rings. The van der Waals surface area contributed by atoms with Crippen molar-refractivity contribution in [1.29, 1.82) is 0 Å². The highest BCUT2D eigenvalue weighted by Gasteiger charge is 2.37. The van der Waals surface area contributed by atoms with E-state index in [2.05, 4.69) is 33.9 Å². The van der Waals surface area contributed by atoms with E-state index in [0.717, 1.165) is 0 Å². The van der Waals surface area contributed by atoms with E-state index in [1.54, 1.807) is 6.92 Å². The number of hydrogen-bond acceptors (Lipinski definition) is 2. The normalized spacial score (nSPS) is 15.4. The Morgan fingerprint density at radius 2 is 1.79 bits per heavy atom. The Morgan fingerprint density at radius 3 is 2.07 bits per heavy atom. The lowest BCUT2D eigenvalue weighted by molar-refractivity contribution is -0.121. The molecule has 1 unspecified atom stereocenters. The van der Waals surface area contributed by atoms with Gasteiger partial charge in [-0.15, -0.1) is 0 Å². The summed E-state index contributed by atoms with van der Waals surface area (Å²) in [6.07, 6.45) is 0. The van der Waals surface area contributed by atoms with Gasteiger partial charge in [0.2, 0.25) is 0 Å². The standard InChI is InChI=1S/C11H24O2Si/c1-9(10(2)12)8-13-14(6,7)11(3,4)5/h9H,8H2,1-7H3. The summed E-state index contributed by atoms with van der Waals surface area (Å²) in [5, 5.41) is 0.226. The Morgan fingerprint density at radius 1 is 1.36 bits per heavy atom. The molecule has 0 rings (SSSR count). The van der Waals surface area contributed by atoms with E-state index in [1.807, 2.05) is 6.92 Å². The van der Waals surface area contributed by atoms with Gasteiger partial charge in [-0.25, -0.2) is 0 Å². The van der Waals surface area contributed by atoms with Gasteiger partial charge in [0.05, 0.1) is 0 Å². The first-order valence-corrected chi connectivity index (χ1v) is 8.13. The van der Waals surface area contributed by atoms with Crippen molar-refractivity contribution >= 4 is 14.1 Å². The molecule has 0 spiro atoms. The zero-order valence-electron chi connectivity index (χ0n) is 10.6. The molecule has 1 atom stereocenters. The van der Waals surface area contributed by atoms with E-state index in [-0.39, 0.29) is 16.7 Å². The summed E-state index contributed by atoms with van der Waals surface area (Å²) >= 11 is 0. The predicted molar refractivity (Wildman–Crippen MR) is 63.0 cm³/mol. The minimum Gasteiger partial charge on any atom is -0.416 e. The Hall–Kier alpha value is -0.153. The van der Waals surface area contributed by atoms with Crippen LogP contribution in [0.2, 0.25) is 18.1 Å². The third kappa shape index (κ3) is 3.92. The lowest BCUT2D eigenvalue weighted by Crippen LogP contribution is -2.42. The van der Waals surface area contributed by atoms with Gasteiger partial charge in [-0.2, -0.15) is 0 Å². The Bertz CT molecular complexity index is 204. The number of Topliss-reactive ketones (excluding diaryl/α,β-unsaturated/α-hetero) is 1. The fraction of sp³-hybridized carbons (Fsp3) is 0.909. The first-order chi connectivity index (χ1) is 6.08. The van der Waals surface area contributed by atoms with Crippen LogP contribution in [0.25, 0.3) is 0 Å². The summed E-state index contributed by atoms with van der Waals surface area (Å²) in [4.78, 5) is 11.0. The Labute approximate surface area is 89.2 Å². The van der Waals surface area contributed by atoms with Crippen molar-refractivity contribution in [2.24, 2.45) is 5.92 Å². The van der Waals surface area contributed by atoms with E-state index >= 15 is 0 Å². The first-order valence-electron chi connectivity index (χ1n) is 5.22. The molecule has 0 N–H and O–H groups in total. The molecule has 14 heavy (non-hydrogen) atoms. The highest BCUT2D eigenvalue weighted by Crippen LogP contribution is 2.36. The Balaban J connectivity index is 4.20. The first kappa shape index (κ1) is 13.8. The third-order valence-electron chi connectivity index (χ3n) is 3.19. The third-order valence-corrected chi connectivity index (χ3v) is 7.70. The molecule has 0 fully saturated rings. The van der Waals surface area contributed by atoms with Crippen molar-refractivity contribution in [2.45, 2.75) is 52.8 Å². The molecule has 0 amide bonds. The smallest absolute Gasteiger partial charge is 0.192 e. The molecular weight excluding hydrogens is 192 g/mol. The summed E-state index contributed by atoms with van der Waals surface area (Å²) in [5.41, 5.74) is 0. The summed E-state index contributed by atoms with van der Waals surface area (Å²) in [7, 11) is -1.67. The van der Waals surface area contributed by atoms with E-state index in [1.165, 1.54) is 0 Å². The van der Waals surface area contributed by atoms with Crippen molar-refractivity contribution in [3.63, 3.8) is 0 Å². The van der Waals surface area contributed by atoms with Gasteiger partial charge in [-0.3, -0.25) is 4.79 Å². The molecule has 0 aliphatic rings. The summed E-state index contributed by atoms with van der Waals surface area (Å²) in [6, 6.07) is 0. The number of carbonyl (C=O) groups is 1. The second-order valence-corrected chi connectivity index (χ2v) is 10.4. The average Bonchev–Trinajstić information content (AvgIpc) is 1.97. The Kier molecular flexibility index (Phi) is 4.53. The van der Waals surface area contributed by atoms with E-state index in [0.29, 0.717) is 6.61 Å². The maximum absolute atomic E-state index is 11.0.